The van der Waals surface area contributed by atoms with Gasteiger partial charge in [-0.1, -0.05) is 33.6 Å². The van der Waals surface area contributed by atoms with Gasteiger partial charge in [-0.3, -0.25) is 0 Å². The van der Waals surface area contributed by atoms with E-state index in [0.717, 1.165) is 5.92 Å². The Morgan fingerprint density at radius 1 is 1.08 bits per heavy atom. The summed E-state index contributed by atoms with van der Waals surface area (Å²) in [6, 6.07) is 0. The molecule has 13 heavy (non-hydrogen) atoms. The van der Waals surface area contributed by atoms with Crippen LogP contribution in [0.3, 0.4) is 0 Å². The SMILES string of the molecule is CCC(C)CC.O=PO.O=PO.[Mg+2]. The molecule has 0 spiro atoms. The first-order valence-electron chi connectivity index (χ1n) is 3.57. The first-order valence-corrected chi connectivity index (χ1v) is 5.10. The molecule has 4 nitrogen and oxygen atoms in total. The summed E-state index contributed by atoms with van der Waals surface area (Å²) in [5.41, 5.74) is 0. The summed E-state index contributed by atoms with van der Waals surface area (Å²) in [5.74, 6) is 0.935. The summed E-state index contributed by atoms with van der Waals surface area (Å²) in [7, 11) is -1.67. The van der Waals surface area contributed by atoms with Crippen LogP contribution in [0.15, 0.2) is 0 Å². The minimum absolute atomic E-state index is 0. The van der Waals surface area contributed by atoms with Gasteiger partial charge in [-0.15, -0.1) is 0 Å². The van der Waals surface area contributed by atoms with Crippen molar-refractivity contribution in [2.75, 3.05) is 0 Å². The molecule has 7 heteroatoms. The molecule has 0 amide bonds. The molecule has 0 aromatic heterocycles. The fraction of sp³-hybridized carbons (Fsp3) is 1.00. The monoisotopic (exact) mass is 238 g/mol. The van der Waals surface area contributed by atoms with E-state index in [1.807, 2.05) is 0 Å². The van der Waals surface area contributed by atoms with Gasteiger partial charge in [0.2, 0.25) is 0 Å². The molecule has 0 aliphatic heterocycles. The number of hydrogen-bond donors (Lipinski definition) is 2. The van der Waals surface area contributed by atoms with Crippen molar-refractivity contribution in [1.82, 2.24) is 0 Å². The normalized spacial score (nSPS) is 7.85. The summed E-state index contributed by atoms with van der Waals surface area (Å²) in [6.07, 6.45) is 2.66. The van der Waals surface area contributed by atoms with Crippen molar-refractivity contribution in [3.05, 3.63) is 0 Å². The third-order valence-corrected chi connectivity index (χ3v) is 1.39. The Kier molecular flexibility index (Phi) is 53.1. The van der Waals surface area contributed by atoms with E-state index < -0.39 is 17.4 Å². The van der Waals surface area contributed by atoms with Crippen LogP contribution in [0.25, 0.3) is 0 Å². The van der Waals surface area contributed by atoms with Gasteiger partial charge >= 0.3 is 40.4 Å². The maximum Gasteiger partial charge on any atom is 2.00 e. The van der Waals surface area contributed by atoms with Crippen LogP contribution < -0.4 is 0 Å². The van der Waals surface area contributed by atoms with Gasteiger partial charge in [0.05, 0.1) is 0 Å². The molecule has 0 rings (SSSR count). The Bertz CT molecular complexity index is 84.7. The van der Waals surface area contributed by atoms with E-state index in [1.54, 1.807) is 0 Å². The molecule has 0 fully saturated rings. The fourth-order valence-corrected chi connectivity index (χ4v) is 0.289. The third kappa shape index (κ3) is 64.0. The zero-order chi connectivity index (χ0) is 10.4. The smallest absolute Gasteiger partial charge is 0.310 e. The quantitative estimate of drug-likeness (QED) is 0.572. The van der Waals surface area contributed by atoms with Gasteiger partial charge in [0.15, 0.2) is 0 Å². The number of hydrogen-bond acceptors (Lipinski definition) is 2. The summed E-state index contributed by atoms with van der Waals surface area (Å²) < 4.78 is 16.9. The molecular formula is C6H16MgO4P2+2. The van der Waals surface area contributed by atoms with Gasteiger partial charge < -0.3 is 9.79 Å². The Hall–Kier alpha value is 0.886. The molecule has 0 aliphatic rings. The van der Waals surface area contributed by atoms with Gasteiger partial charge in [-0.25, -0.2) is 9.13 Å². The van der Waals surface area contributed by atoms with E-state index in [9.17, 15) is 0 Å². The van der Waals surface area contributed by atoms with E-state index in [0.29, 0.717) is 0 Å². The molecule has 0 bridgehead atoms. The van der Waals surface area contributed by atoms with Crippen molar-refractivity contribution in [3.8, 4) is 0 Å². The molecule has 0 saturated heterocycles. The van der Waals surface area contributed by atoms with Crippen molar-refractivity contribution >= 4 is 40.4 Å². The molecule has 0 aliphatic carbocycles. The Balaban J connectivity index is -0.0000000501. The second kappa shape index (κ2) is 29.3. The Labute approximate surface area is 98.8 Å². The minimum Gasteiger partial charge on any atom is -0.310 e. The average Bonchev–Trinajstić information content (AvgIpc) is 2.06. The first kappa shape index (κ1) is 23.6. The van der Waals surface area contributed by atoms with Crippen LogP contribution in [-0.2, 0) is 9.13 Å². The molecule has 0 atom stereocenters. The van der Waals surface area contributed by atoms with Crippen LogP contribution in [0.4, 0.5) is 0 Å². The van der Waals surface area contributed by atoms with Crippen molar-refractivity contribution in [1.29, 1.82) is 0 Å². The molecule has 0 heterocycles. The fourth-order valence-electron chi connectivity index (χ4n) is 0.289. The summed E-state index contributed by atoms with van der Waals surface area (Å²) in [6.45, 7) is 6.74. The molecule has 0 aromatic carbocycles. The Morgan fingerprint density at radius 3 is 1.23 bits per heavy atom. The molecule has 0 aromatic rings. The average molecular weight is 238 g/mol. The van der Waals surface area contributed by atoms with Crippen LogP contribution in [0.1, 0.15) is 33.6 Å². The van der Waals surface area contributed by atoms with Crippen LogP contribution in [0.2, 0.25) is 0 Å². The van der Waals surface area contributed by atoms with Crippen LogP contribution >= 0.6 is 17.4 Å². The number of rotatable bonds is 2. The standard InChI is InChI=1S/C6H14.Mg.2HO2P/c1-4-6(3)5-2;;2*1-3-2/h6H,4-5H2,1-3H3;;2*(H,1,2)/q;+2;;. The van der Waals surface area contributed by atoms with E-state index in [2.05, 4.69) is 20.8 Å². The van der Waals surface area contributed by atoms with E-state index in [4.69, 9.17) is 18.9 Å². The summed E-state index contributed by atoms with van der Waals surface area (Å²) >= 11 is 0. The van der Waals surface area contributed by atoms with Crippen molar-refractivity contribution in [2.45, 2.75) is 33.6 Å². The maximum atomic E-state index is 8.46. The van der Waals surface area contributed by atoms with Crippen LogP contribution in [0, 0.1) is 5.92 Å². The molecule has 2 N–H and O–H groups in total. The van der Waals surface area contributed by atoms with Crippen molar-refractivity contribution in [2.24, 2.45) is 5.92 Å². The molecule has 74 valence electrons. The zero-order valence-electron chi connectivity index (χ0n) is 8.30. The molecule has 0 saturated carbocycles. The van der Waals surface area contributed by atoms with Crippen molar-refractivity contribution < 1.29 is 18.9 Å². The van der Waals surface area contributed by atoms with E-state index in [-0.39, 0.29) is 23.1 Å². The van der Waals surface area contributed by atoms with Gasteiger partial charge in [-0.2, -0.15) is 0 Å². The van der Waals surface area contributed by atoms with E-state index >= 15 is 0 Å². The summed E-state index contributed by atoms with van der Waals surface area (Å²) in [5, 5.41) is 0. The van der Waals surface area contributed by atoms with Gasteiger partial charge in [0.25, 0.3) is 0 Å². The Morgan fingerprint density at radius 2 is 1.23 bits per heavy atom. The molecular weight excluding hydrogens is 222 g/mol. The molecule has 0 radical (unpaired) electrons. The van der Waals surface area contributed by atoms with Crippen LogP contribution in [0.5, 0.6) is 0 Å². The zero-order valence-corrected chi connectivity index (χ0v) is 11.5. The summed E-state index contributed by atoms with van der Waals surface area (Å²) in [4.78, 5) is 14.0. The van der Waals surface area contributed by atoms with Gasteiger partial charge in [0, 0.05) is 0 Å². The maximum absolute atomic E-state index is 8.46. The van der Waals surface area contributed by atoms with Gasteiger partial charge in [-0.05, 0) is 5.92 Å². The molecule has 0 unspecified atom stereocenters. The second-order valence-corrected chi connectivity index (χ2v) is 2.41. The predicted octanol–water partition coefficient (Wildman–Crippen LogP) is 2.43. The third-order valence-electron chi connectivity index (χ3n) is 1.39. The topological polar surface area (TPSA) is 74.6 Å². The van der Waals surface area contributed by atoms with E-state index in [1.165, 1.54) is 12.8 Å². The second-order valence-electron chi connectivity index (χ2n) is 2.08. The largest absolute Gasteiger partial charge is 2.00 e. The predicted molar refractivity (Wildman–Crippen MR) is 55.2 cm³/mol. The first-order chi connectivity index (χ1) is 5.64. The van der Waals surface area contributed by atoms with Crippen molar-refractivity contribution in [3.63, 3.8) is 0 Å². The van der Waals surface area contributed by atoms with Gasteiger partial charge in [0.1, 0.15) is 0 Å². The van der Waals surface area contributed by atoms with Crippen LogP contribution in [-0.4, -0.2) is 32.8 Å². The minimum atomic E-state index is -0.833.